The van der Waals surface area contributed by atoms with Crippen LogP contribution in [-0.4, -0.2) is 56.3 Å². The van der Waals surface area contributed by atoms with E-state index in [1.165, 1.54) is 12.0 Å². The summed E-state index contributed by atoms with van der Waals surface area (Å²) in [7, 11) is 1.29. The molecule has 6 nitrogen and oxygen atoms in total. The van der Waals surface area contributed by atoms with Gasteiger partial charge in [0.15, 0.2) is 12.6 Å². The molecule has 7 heteroatoms. The highest BCUT2D eigenvalue weighted by atomic mass is 79.9. The van der Waals surface area contributed by atoms with Crippen LogP contribution in [0, 0.1) is 0 Å². The lowest BCUT2D eigenvalue weighted by Gasteiger charge is -2.33. The van der Waals surface area contributed by atoms with Crippen LogP contribution in [0.5, 0.6) is 5.75 Å². The lowest BCUT2D eigenvalue weighted by Crippen LogP contribution is -2.54. The fraction of sp³-hybridized carbons (Fsp3) is 0.429. The molecule has 0 spiro atoms. The number of esters is 1. The van der Waals surface area contributed by atoms with Gasteiger partial charge in [-0.3, -0.25) is 4.79 Å². The Bertz CT molecular complexity index is 505. The maximum absolute atomic E-state index is 12.2. The molecule has 1 aliphatic rings. The highest BCUT2D eigenvalue weighted by Gasteiger charge is 2.33. The molecule has 0 aromatic heterocycles. The SMILES string of the molecule is COC(=O)C1COCCN1C(=O)COc1ccc(Br)cc1. The molecule has 0 aliphatic carbocycles. The van der Waals surface area contributed by atoms with Crippen LogP contribution in [-0.2, 0) is 19.1 Å². The van der Waals surface area contributed by atoms with Gasteiger partial charge in [0.1, 0.15) is 5.75 Å². The van der Waals surface area contributed by atoms with Crippen molar-refractivity contribution in [1.82, 2.24) is 4.90 Å². The average Bonchev–Trinajstić information content (AvgIpc) is 2.53. The van der Waals surface area contributed by atoms with E-state index in [0.29, 0.717) is 18.9 Å². The summed E-state index contributed by atoms with van der Waals surface area (Å²) in [5.74, 6) is -0.155. The van der Waals surface area contributed by atoms with Crippen LogP contribution in [0.3, 0.4) is 0 Å². The number of nitrogens with zero attached hydrogens (tertiary/aromatic N) is 1. The molecule has 1 aromatic carbocycles. The smallest absolute Gasteiger partial charge is 0.331 e. The number of methoxy groups -OCH3 is 1. The molecule has 1 atom stereocenters. The summed E-state index contributed by atoms with van der Waals surface area (Å²) in [6.07, 6.45) is 0. The Hall–Kier alpha value is -1.60. The Morgan fingerprint density at radius 1 is 1.38 bits per heavy atom. The number of carbonyl (C=O) groups is 2. The largest absolute Gasteiger partial charge is 0.484 e. The van der Waals surface area contributed by atoms with Crippen LogP contribution in [0.25, 0.3) is 0 Å². The minimum atomic E-state index is -0.704. The van der Waals surface area contributed by atoms with E-state index < -0.39 is 12.0 Å². The highest BCUT2D eigenvalue weighted by molar-refractivity contribution is 9.10. The van der Waals surface area contributed by atoms with Crippen LogP contribution in [0.1, 0.15) is 0 Å². The van der Waals surface area contributed by atoms with Crippen molar-refractivity contribution in [3.05, 3.63) is 28.7 Å². The third-order valence-electron chi connectivity index (χ3n) is 3.10. The summed E-state index contributed by atoms with van der Waals surface area (Å²) in [6.45, 7) is 0.769. The first-order valence-electron chi connectivity index (χ1n) is 6.45. The van der Waals surface area contributed by atoms with Gasteiger partial charge in [0.05, 0.1) is 20.3 Å². The molecule has 2 rings (SSSR count). The number of morpholine rings is 1. The van der Waals surface area contributed by atoms with Crippen molar-refractivity contribution >= 4 is 27.8 Å². The standard InChI is InChI=1S/C14H16BrNO5/c1-19-14(18)12-8-20-7-6-16(12)13(17)9-21-11-4-2-10(15)3-5-11/h2-5,12H,6-9H2,1H3. The van der Waals surface area contributed by atoms with E-state index in [-0.39, 0.29) is 19.1 Å². The molecular weight excluding hydrogens is 342 g/mol. The van der Waals surface area contributed by atoms with E-state index in [1.807, 2.05) is 12.1 Å². The Morgan fingerprint density at radius 2 is 2.10 bits per heavy atom. The zero-order valence-corrected chi connectivity index (χ0v) is 13.2. The summed E-state index contributed by atoms with van der Waals surface area (Å²) in [4.78, 5) is 25.3. The van der Waals surface area contributed by atoms with Crippen molar-refractivity contribution < 1.29 is 23.8 Å². The number of hydrogen-bond acceptors (Lipinski definition) is 5. The number of hydrogen-bond donors (Lipinski definition) is 0. The quantitative estimate of drug-likeness (QED) is 0.758. The highest BCUT2D eigenvalue weighted by Crippen LogP contribution is 2.16. The van der Waals surface area contributed by atoms with E-state index >= 15 is 0 Å². The second-order valence-corrected chi connectivity index (χ2v) is 5.36. The molecule has 0 N–H and O–H groups in total. The zero-order valence-electron chi connectivity index (χ0n) is 11.6. The van der Waals surface area contributed by atoms with Crippen LogP contribution in [0.2, 0.25) is 0 Å². The lowest BCUT2D eigenvalue weighted by atomic mass is 10.2. The van der Waals surface area contributed by atoms with Crippen molar-refractivity contribution in [3.63, 3.8) is 0 Å². The van der Waals surface area contributed by atoms with Crippen molar-refractivity contribution in [2.45, 2.75) is 6.04 Å². The number of ether oxygens (including phenoxy) is 3. The van der Waals surface area contributed by atoms with Gasteiger partial charge < -0.3 is 19.1 Å². The number of rotatable bonds is 4. The molecule has 1 amide bonds. The molecule has 0 bridgehead atoms. The van der Waals surface area contributed by atoms with E-state index in [1.54, 1.807) is 12.1 Å². The Balaban J connectivity index is 1.94. The monoisotopic (exact) mass is 357 g/mol. The first kappa shape index (κ1) is 15.8. The maximum atomic E-state index is 12.2. The molecule has 1 fully saturated rings. The third kappa shape index (κ3) is 4.18. The van der Waals surface area contributed by atoms with Crippen LogP contribution >= 0.6 is 15.9 Å². The number of carbonyl (C=O) groups excluding carboxylic acids is 2. The van der Waals surface area contributed by atoms with Gasteiger partial charge in [0.25, 0.3) is 5.91 Å². The Labute approximate surface area is 131 Å². The summed E-state index contributed by atoms with van der Waals surface area (Å²) in [5.41, 5.74) is 0. The van der Waals surface area contributed by atoms with Crippen molar-refractivity contribution in [2.75, 3.05) is 33.5 Å². The molecule has 21 heavy (non-hydrogen) atoms. The molecule has 1 unspecified atom stereocenters. The predicted molar refractivity (Wildman–Crippen MR) is 78.0 cm³/mol. The molecule has 114 valence electrons. The lowest BCUT2D eigenvalue weighted by molar-refractivity contribution is -0.161. The van der Waals surface area contributed by atoms with Gasteiger partial charge in [-0.25, -0.2) is 4.79 Å². The first-order valence-corrected chi connectivity index (χ1v) is 7.24. The fourth-order valence-corrected chi connectivity index (χ4v) is 2.26. The van der Waals surface area contributed by atoms with Gasteiger partial charge in [0, 0.05) is 11.0 Å². The van der Waals surface area contributed by atoms with E-state index in [2.05, 4.69) is 20.7 Å². The molecule has 1 aromatic rings. The van der Waals surface area contributed by atoms with Gasteiger partial charge in [-0.15, -0.1) is 0 Å². The minimum Gasteiger partial charge on any atom is -0.484 e. The topological polar surface area (TPSA) is 65.1 Å². The second-order valence-electron chi connectivity index (χ2n) is 4.44. The number of amides is 1. The molecule has 0 radical (unpaired) electrons. The van der Waals surface area contributed by atoms with Crippen molar-refractivity contribution in [3.8, 4) is 5.75 Å². The van der Waals surface area contributed by atoms with Crippen molar-refractivity contribution in [2.24, 2.45) is 0 Å². The Kier molecular flexibility index (Phi) is 5.58. The Morgan fingerprint density at radius 3 is 2.76 bits per heavy atom. The van der Waals surface area contributed by atoms with Gasteiger partial charge in [0.2, 0.25) is 0 Å². The van der Waals surface area contributed by atoms with E-state index in [0.717, 1.165) is 4.47 Å². The maximum Gasteiger partial charge on any atom is 0.331 e. The summed E-state index contributed by atoms with van der Waals surface area (Å²) < 4.78 is 16.3. The molecule has 0 saturated carbocycles. The van der Waals surface area contributed by atoms with Gasteiger partial charge in [-0.1, -0.05) is 15.9 Å². The van der Waals surface area contributed by atoms with Crippen LogP contribution < -0.4 is 4.74 Å². The summed E-state index contributed by atoms with van der Waals surface area (Å²) in [5, 5.41) is 0. The third-order valence-corrected chi connectivity index (χ3v) is 3.63. The minimum absolute atomic E-state index is 0.130. The molecule has 1 aliphatic heterocycles. The number of halogens is 1. The molecule has 1 saturated heterocycles. The van der Waals surface area contributed by atoms with Crippen LogP contribution in [0.15, 0.2) is 28.7 Å². The normalized spacial score (nSPS) is 18.2. The first-order chi connectivity index (χ1) is 10.1. The summed E-state index contributed by atoms with van der Waals surface area (Å²) in [6, 6.07) is 6.46. The van der Waals surface area contributed by atoms with Crippen molar-refractivity contribution in [1.29, 1.82) is 0 Å². The van der Waals surface area contributed by atoms with Gasteiger partial charge >= 0.3 is 5.97 Å². The zero-order chi connectivity index (χ0) is 15.2. The van der Waals surface area contributed by atoms with Gasteiger partial charge in [-0.05, 0) is 24.3 Å². The fourth-order valence-electron chi connectivity index (χ4n) is 1.99. The van der Waals surface area contributed by atoms with E-state index in [4.69, 9.17) is 9.47 Å². The number of benzene rings is 1. The molecular formula is C14H16BrNO5. The predicted octanol–water partition coefficient (Wildman–Crippen LogP) is 1.23. The van der Waals surface area contributed by atoms with Gasteiger partial charge in [-0.2, -0.15) is 0 Å². The summed E-state index contributed by atoms with van der Waals surface area (Å²) >= 11 is 3.32. The van der Waals surface area contributed by atoms with Crippen LogP contribution in [0.4, 0.5) is 0 Å². The second kappa shape index (κ2) is 7.42. The average molecular weight is 358 g/mol. The molecule has 1 heterocycles. The van der Waals surface area contributed by atoms with E-state index in [9.17, 15) is 9.59 Å².